The Hall–Kier alpha value is -2.78. The fourth-order valence-corrected chi connectivity index (χ4v) is 4.33. The summed E-state index contributed by atoms with van der Waals surface area (Å²) in [6, 6.07) is 7.22. The van der Waals surface area contributed by atoms with Crippen LogP contribution in [-0.2, 0) is 16.0 Å². The standard InChI is InChI=1S/C19H16N2O5S2/c22-17(9-13-3-6-27-10-13)20-4-5-21-18(23)16(28-19(21)24)8-12-1-2-14-15(7-12)26-11-25-14/h1-3,6-8,10H,4-5,9,11H2,(H,20,22)/b16-8+. The van der Waals surface area contributed by atoms with Crippen LogP contribution in [0.25, 0.3) is 6.08 Å². The first-order valence-electron chi connectivity index (χ1n) is 8.53. The van der Waals surface area contributed by atoms with Crippen molar-refractivity contribution in [1.29, 1.82) is 0 Å². The van der Waals surface area contributed by atoms with Gasteiger partial charge in [-0.2, -0.15) is 11.3 Å². The van der Waals surface area contributed by atoms with Crippen molar-refractivity contribution in [2.45, 2.75) is 6.42 Å². The zero-order chi connectivity index (χ0) is 19.5. The minimum atomic E-state index is -0.361. The predicted octanol–water partition coefficient (Wildman–Crippen LogP) is 2.87. The van der Waals surface area contributed by atoms with Crippen molar-refractivity contribution in [3.63, 3.8) is 0 Å². The minimum Gasteiger partial charge on any atom is -0.454 e. The van der Waals surface area contributed by atoms with Gasteiger partial charge in [-0.05, 0) is 57.9 Å². The first-order valence-corrected chi connectivity index (χ1v) is 10.3. The normalized spacial score (nSPS) is 16.9. The summed E-state index contributed by atoms with van der Waals surface area (Å²) in [5.74, 6) is 0.769. The summed E-state index contributed by atoms with van der Waals surface area (Å²) >= 11 is 2.42. The molecule has 144 valence electrons. The molecule has 2 aliphatic rings. The summed E-state index contributed by atoms with van der Waals surface area (Å²) < 4.78 is 10.6. The van der Waals surface area contributed by atoms with Crippen LogP contribution in [0.2, 0.25) is 0 Å². The molecule has 1 saturated heterocycles. The van der Waals surface area contributed by atoms with E-state index in [9.17, 15) is 14.4 Å². The second kappa shape index (κ2) is 8.07. The van der Waals surface area contributed by atoms with Gasteiger partial charge in [0.25, 0.3) is 11.1 Å². The number of hydrogen-bond donors (Lipinski definition) is 1. The molecule has 1 fully saturated rings. The Morgan fingerprint density at radius 3 is 2.89 bits per heavy atom. The van der Waals surface area contributed by atoms with Gasteiger partial charge in [0, 0.05) is 13.1 Å². The van der Waals surface area contributed by atoms with E-state index >= 15 is 0 Å². The summed E-state index contributed by atoms with van der Waals surface area (Å²) in [6.07, 6.45) is 1.94. The highest BCUT2D eigenvalue weighted by molar-refractivity contribution is 8.18. The van der Waals surface area contributed by atoms with Crippen molar-refractivity contribution in [3.05, 3.63) is 51.1 Å². The van der Waals surface area contributed by atoms with Gasteiger partial charge in [0.1, 0.15) is 0 Å². The third kappa shape index (κ3) is 4.05. The predicted molar refractivity (Wildman–Crippen MR) is 106 cm³/mol. The SMILES string of the molecule is O=C(Cc1ccsc1)NCCN1C(=O)S/C(=C/c2ccc3c(c2)OCO3)C1=O. The summed E-state index contributed by atoms with van der Waals surface area (Å²) in [5.41, 5.74) is 1.69. The van der Waals surface area contributed by atoms with Crippen molar-refractivity contribution in [2.24, 2.45) is 0 Å². The van der Waals surface area contributed by atoms with E-state index in [1.807, 2.05) is 16.8 Å². The molecular formula is C19H16N2O5S2. The Morgan fingerprint density at radius 2 is 2.07 bits per heavy atom. The number of rotatable bonds is 6. The Balaban J connectivity index is 1.34. The average Bonchev–Trinajstić information content (AvgIpc) is 3.39. The third-order valence-corrected chi connectivity index (χ3v) is 5.81. The maximum atomic E-state index is 12.5. The summed E-state index contributed by atoms with van der Waals surface area (Å²) in [5, 5.41) is 6.22. The van der Waals surface area contributed by atoms with Crippen LogP contribution in [0.5, 0.6) is 11.5 Å². The maximum absolute atomic E-state index is 12.5. The van der Waals surface area contributed by atoms with Crippen LogP contribution in [0.3, 0.4) is 0 Å². The molecule has 1 N–H and O–H groups in total. The lowest BCUT2D eigenvalue weighted by Crippen LogP contribution is -2.37. The number of imide groups is 1. The van der Waals surface area contributed by atoms with Crippen LogP contribution in [0.15, 0.2) is 39.9 Å². The van der Waals surface area contributed by atoms with Crippen LogP contribution < -0.4 is 14.8 Å². The van der Waals surface area contributed by atoms with Crippen molar-refractivity contribution >= 4 is 46.2 Å². The molecule has 0 saturated carbocycles. The van der Waals surface area contributed by atoms with Gasteiger partial charge in [-0.1, -0.05) is 6.07 Å². The minimum absolute atomic E-state index is 0.137. The number of carbonyl (C=O) groups is 3. The van der Waals surface area contributed by atoms with Crippen LogP contribution >= 0.6 is 23.1 Å². The Bertz CT molecular complexity index is 955. The number of ether oxygens (including phenoxy) is 2. The summed E-state index contributed by atoms with van der Waals surface area (Å²) in [4.78, 5) is 38.1. The molecule has 3 heterocycles. The lowest BCUT2D eigenvalue weighted by Gasteiger charge is -2.12. The second-order valence-corrected chi connectivity index (χ2v) is 7.88. The first-order chi connectivity index (χ1) is 13.6. The topological polar surface area (TPSA) is 84.9 Å². The van der Waals surface area contributed by atoms with E-state index in [4.69, 9.17) is 9.47 Å². The van der Waals surface area contributed by atoms with Crippen molar-refractivity contribution < 1.29 is 23.9 Å². The third-order valence-electron chi connectivity index (χ3n) is 4.17. The van der Waals surface area contributed by atoms with Crippen molar-refractivity contribution in [1.82, 2.24) is 10.2 Å². The van der Waals surface area contributed by atoms with Gasteiger partial charge in [0.2, 0.25) is 12.7 Å². The van der Waals surface area contributed by atoms with Gasteiger partial charge in [0.05, 0.1) is 11.3 Å². The molecule has 0 unspecified atom stereocenters. The number of carbonyl (C=O) groups excluding carboxylic acids is 3. The number of thioether (sulfide) groups is 1. The molecule has 0 radical (unpaired) electrons. The molecule has 9 heteroatoms. The van der Waals surface area contributed by atoms with E-state index in [1.54, 1.807) is 24.3 Å². The van der Waals surface area contributed by atoms with Crippen LogP contribution in [0.1, 0.15) is 11.1 Å². The molecule has 28 heavy (non-hydrogen) atoms. The molecule has 2 aromatic rings. The molecule has 0 atom stereocenters. The van der Waals surface area contributed by atoms with E-state index in [1.165, 1.54) is 11.3 Å². The van der Waals surface area contributed by atoms with E-state index in [-0.39, 0.29) is 43.4 Å². The summed E-state index contributed by atoms with van der Waals surface area (Å²) in [7, 11) is 0. The van der Waals surface area contributed by atoms with E-state index < -0.39 is 0 Å². The van der Waals surface area contributed by atoms with Gasteiger partial charge in [0.15, 0.2) is 11.5 Å². The highest BCUT2D eigenvalue weighted by atomic mass is 32.2. The molecule has 3 amide bonds. The van der Waals surface area contributed by atoms with Crippen LogP contribution in [0.4, 0.5) is 4.79 Å². The lowest BCUT2D eigenvalue weighted by molar-refractivity contribution is -0.124. The molecule has 0 spiro atoms. The maximum Gasteiger partial charge on any atom is 0.293 e. The molecule has 1 aromatic heterocycles. The van der Waals surface area contributed by atoms with E-state index in [0.717, 1.165) is 27.8 Å². The smallest absolute Gasteiger partial charge is 0.293 e. The first kappa shape index (κ1) is 18.6. The highest BCUT2D eigenvalue weighted by Crippen LogP contribution is 2.36. The molecule has 1 aromatic carbocycles. The Labute approximate surface area is 169 Å². The number of hydrogen-bond acceptors (Lipinski definition) is 7. The quantitative estimate of drug-likeness (QED) is 0.729. The molecule has 0 bridgehead atoms. The van der Waals surface area contributed by atoms with Crippen LogP contribution in [-0.4, -0.2) is 41.8 Å². The van der Waals surface area contributed by atoms with Crippen molar-refractivity contribution in [3.8, 4) is 11.5 Å². The molecule has 0 aliphatic carbocycles. The molecule has 4 rings (SSSR count). The lowest BCUT2D eigenvalue weighted by atomic mass is 10.2. The zero-order valence-corrected chi connectivity index (χ0v) is 16.3. The number of fused-ring (bicyclic) bond motifs is 1. The Kier molecular flexibility index (Phi) is 5.36. The van der Waals surface area contributed by atoms with Crippen LogP contribution in [0, 0.1) is 0 Å². The van der Waals surface area contributed by atoms with E-state index in [2.05, 4.69) is 5.32 Å². The van der Waals surface area contributed by atoms with Gasteiger partial charge < -0.3 is 14.8 Å². The fraction of sp³-hybridized carbons (Fsp3) is 0.211. The fourth-order valence-electron chi connectivity index (χ4n) is 2.80. The highest BCUT2D eigenvalue weighted by Gasteiger charge is 2.34. The largest absolute Gasteiger partial charge is 0.454 e. The second-order valence-electron chi connectivity index (χ2n) is 6.10. The average molecular weight is 416 g/mol. The molecule has 7 nitrogen and oxygen atoms in total. The van der Waals surface area contributed by atoms with Gasteiger partial charge >= 0.3 is 0 Å². The monoisotopic (exact) mass is 416 g/mol. The number of nitrogens with one attached hydrogen (secondary N) is 1. The number of amides is 3. The van der Waals surface area contributed by atoms with E-state index in [0.29, 0.717) is 16.4 Å². The number of nitrogens with zero attached hydrogens (tertiary/aromatic N) is 1. The van der Waals surface area contributed by atoms with Gasteiger partial charge in [-0.15, -0.1) is 0 Å². The zero-order valence-electron chi connectivity index (χ0n) is 14.7. The van der Waals surface area contributed by atoms with Gasteiger partial charge in [-0.3, -0.25) is 19.3 Å². The van der Waals surface area contributed by atoms with Gasteiger partial charge in [-0.25, -0.2) is 0 Å². The molecular weight excluding hydrogens is 400 g/mol. The number of thiophene rings is 1. The summed E-state index contributed by atoms with van der Waals surface area (Å²) in [6.45, 7) is 0.532. The molecule has 2 aliphatic heterocycles. The Morgan fingerprint density at radius 1 is 1.21 bits per heavy atom. The number of benzene rings is 1. The van der Waals surface area contributed by atoms with Crippen molar-refractivity contribution in [2.75, 3.05) is 19.9 Å².